The lowest BCUT2D eigenvalue weighted by molar-refractivity contribution is 0.976. The van der Waals surface area contributed by atoms with Gasteiger partial charge in [0.2, 0.25) is 0 Å². The molecule has 0 atom stereocenters. The van der Waals surface area contributed by atoms with Crippen LogP contribution < -0.4 is 0 Å². The van der Waals surface area contributed by atoms with Crippen LogP contribution in [0.1, 0.15) is 22.8 Å². The molecule has 28 heavy (non-hydrogen) atoms. The highest BCUT2D eigenvalue weighted by Gasteiger charge is 2.10. The molecule has 2 aromatic heterocycles. The van der Waals surface area contributed by atoms with Crippen LogP contribution in [-0.2, 0) is 6.42 Å². The lowest BCUT2D eigenvalue weighted by Crippen LogP contribution is -2.01. The van der Waals surface area contributed by atoms with Crippen LogP contribution in [0.25, 0.3) is 34.2 Å². The van der Waals surface area contributed by atoms with E-state index in [1.54, 1.807) is 0 Å². The second kappa shape index (κ2) is 7.08. The molecule has 0 aliphatic carbocycles. The first-order valence-corrected chi connectivity index (χ1v) is 9.27. The summed E-state index contributed by atoms with van der Waals surface area (Å²) in [6.45, 7) is 0. The molecule has 5 aromatic rings. The fourth-order valence-electron chi connectivity index (χ4n) is 3.30. The summed E-state index contributed by atoms with van der Waals surface area (Å²) >= 11 is 0. The highest BCUT2D eigenvalue weighted by molar-refractivity contribution is 5.78. The average Bonchev–Trinajstić information content (AvgIpc) is 3.15. The molecule has 0 fully saturated rings. The lowest BCUT2D eigenvalue weighted by Gasteiger charge is -2.06. The SMILES string of the molecule is C(=C\c1nc2ccccc2nc1Cc1nc2ccccc2[nH]1)/c1ccccc1. The first kappa shape index (κ1) is 16.4. The minimum Gasteiger partial charge on any atom is -0.342 e. The van der Waals surface area contributed by atoms with E-state index in [-0.39, 0.29) is 0 Å². The van der Waals surface area contributed by atoms with Gasteiger partial charge in [-0.1, -0.05) is 60.7 Å². The van der Waals surface area contributed by atoms with Gasteiger partial charge < -0.3 is 4.98 Å². The van der Waals surface area contributed by atoms with Gasteiger partial charge >= 0.3 is 0 Å². The molecular weight excluding hydrogens is 344 g/mol. The molecule has 5 rings (SSSR count). The summed E-state index contributed by atoms with van der Waals surface area (Å²) in [7, 11) is 0. The highest BCUT2D eigenvalue weighted by Crippen LogP contribution is 2.19. The number of imidazole rings is 1. The molecule has 0 saturated carbocycles. The fraction of sp³-hybridized carbons (Fsp3) is 0.0417. The molecule has 0 aliphatic rings. The van der Waals surface area contributed by atoms with E-state index in [4.69, 9.17) is 15.0 Å². The van der Waals surface area contributed by atoms with Crippen LogP contribution in [0.2, 0.25) is 0 Å². The topological polar surface area (TPSA) is 54.5 Å². The monoisotopic (exact) mass is 362 g/mol. The maximum atomic E-state index is 4.88. The van der Waals surface area contributed by atoms with Crippen molar-refractivity contribution in [3.8, 4) is 0 Å². The summed E-state index contributed by atoms with van der Waals surface area (Å²) < 4.78 is 0. The van der Waals surface area contributed by atoms with E-state index in [0.717, 1.165) is 44.8 Å². The van der Waals surface area contributed by atoms with Crippen LogP contribution in [0.5, 0.6) is 0 Å². The summed E-state index contributed by atoms with van der Waals surface area (Å²) in [4.78, 5) is 17.8. The molecular formula is C24H18N4. The van der Waals surface area contributed by atoms with Gasteiger partial charge in [0.05, 0.1) is 39.9 Å². The summed E-state index contributed by atoms with van der Waals surface area (Å²) in [6.07, 6.45) is 4.70. The Bertz CT molecular complexity index is 1250. The molecule has 0 bridgehead atoms. The average molecular weight is 362 g/mol. The first-order chi connectivity index (χ1) is 13.8. The van der Waals surface area contributed by atoms with Crippen molar-refractivity contribution in [1.29, 1.82) is 0 Å². The third kappa shape index (κ3) is 3.28. The molecule has 1 N–H and O–H groups in total. The second-order valence-electron chi connectivity index (χ2n) is 6.67. The number of fused-ring (bicyclic) bond motifs is 2. The van der Waals surface area contributed by atoms with Gasteiger partial charge in [-0.3, -0.25) is 0 Å². The van der Waals surface area contributed by atoms with Gasteiger partial charge in [0, 0.05) is 0 Å². The Balaban J connectivity index is 1.58. The van der Waals surface area contributed by atoms with E-state index in [2.05, 4.69) is 23.2 Å². The smallest absolute Gasteiger partial charge is 0.113 e. The number of aromatic amines is 1. The van der Waals surface area contributed by atoms with Gasteiger partial charge in [0.25, 0.3) is 0 Å². The van der Waals surface area contributed by atoms with Crippen LogP contribution in [0, 0.1) is 0 Å². The fourth-order valence-corrected chi connectivity index (χ4v) is 3.30. The molecule has 0 radical (unpaired) electrons. The molecule has 3 aromatic carbocycles. The van der Waals surface area contributed by atoms with Gasteiger partial charge in [-0.25, -0.2) is 15.0 Å². The molecule has 0 spiro atoms. The largest absolute Gasteiger partial charge is 0.342 e. The molecule has 134 valence electrons. The van der Waals surface area contributed by atoms with Crippen LogP contribution >= 0.6 is 0 Å². The van der Waals surface area contributed by atoms with Crippen molar-refractivity contribution in [2.75, 3.05) is 0 Å². The second-order valence-corrected chi connectivity index (χ2v) is 6.67. The van der Waals surface area contributed by atoms with E-state index in [1.165, 1.54) is 0 Å². The maximum absolute atomic E-state index is 4.88. The zero-order chi connectivity index (χ0) is 18.8. The number of aromatic nitrogens is 4. The zero-order valence-corrected chi connectivity index (χ0v) is 15.2. The van der Waals surface area contributed by atoms with Gasteiger partial charge in [0.1, 0.15) is 5.82 Å². The Labute approximate surface area is 162 Å². The van der Waals surface area contributed by atoms with Crippen LogP contribution in [0.15, 0.2) is 78.9 Å². The predicted octanol–water partition coefficient (Wildman–Crippen LogP) is 5.27. The molecule has 4 heteroatoms. The normalized spacial score (nSPS) is 11.6. The van der Waals surface area contributed by atoms with Gasteiger partial charge in [-0.2, -0.15) is 0 Å². The molecule has 0 unspecified atom stereocenters. The summed E-state index contributed by atoms with van der Waals surface area (Å²) in [6, 6.07) is 26.2. The van der Waals surface area contributed by atoms with Crippen molar-refractivity contribution in [3.05, 3.63) is 102 Å². The molecule has 0 amide bonds. The van der Waals surface area contributed by atoms with Crippen LogP contribution in [0.4, 0.5) is 0 Å². The number of para-hydroxylation sites is 4. The molecule has 0 saturated heterocycles. The minimum atomic E-state index is 0.598. The summed E-state index contributed by atoms with van der Waals surface area (Å²) in [5, 5.41) is 0. The van der Waals surface area contributed by atoms with Crippen molar-refractivity contribution in [1.82, 2.24) is 19.9 Å². The quantitative estimate of drug-likeness (QED) is 0.474. The van der Waals surface area contributed by atoms with E-state index < -0.39 is 0 Å². The van der Waals surface area contributed by atoms with Crippen LogP contribution in [0.3, 0.4) is 0 Å². The highest BCUT2D eigenvalue weighted by atomic mass is 14.9. The third-order valence-electron chi connectivity index (χ3n) is 4.68. The number of rotatable bonds is 4. The molecule has 0 aliphatic heterocycles. The number of hydrogen-bond donors (Lipinski definition) is 1. The van der Waals surface area contributed by atoms with Crippen molar-refractivity contribution >= 4 is 34.2 Å². The van der Waals surface area contributed by atoms with Crippen molar-refractivity contribution in [2.45, 2.75) is 6.42 Å². The zero-order valence-electron chi connectivity index (χ0n) is 15.2. The van der Waals surface area contributed by atoms with E-state index in [1.807, 2.05) is 72.8 Å². The van der Waals surface area contributed by atoms with E-state index >= 15 is 0 Å². The number of H-pyrrole nitrogens is 1. The molecule has 4 nitrogen and oxygen atoms in total. The minimum absolute atomic E-state index is 0.598. The Hall–Kier alpha value is -3.79. The number of hydrogen-bond acceptors (Lipinski definition) is 3. The van der Waals surface area contributed by atoms with E-state index in [0.29, 0.717) is 6.42 Å². The van der Waals surface area contributed by atoms with Crippen LogP contribution in [-0.4, -0.2) is 19.9 Å². The first-order valence-electron chi connectivity index (χ1n) is 9.27. The number of benzene rings is 3. The number of nitrogens with one attached hydrogen (secondary N) is 1. The maximum Gasteiger partial charge on any atom is 0.113 e. The van der Waals surface area contributed by atoms with Gasteiger partial charge in [-0.05, 0) is 35.9 Å². The summed E-state index contributed by atoms with van der Waals surface area (Å²) in [5.74, 6) is 0.889. The Morgan fingerprint density at radius 2 is 1.32 bits per heavy atom. The lowest BCUT2D eigenvalue weighted by atomic mass is 10.1. The Morgan fingerprint density at radius 3 is 2.11 bits per heavy atom. The van der Waals surface area contributed by atoms with Crippen molar-refractivity contribution in [3.63, 3.8) is 0 Å². The number of nitrogens with zero attached hydrogens (tertiary/aromatic N) is 3. The van der Waals surface area contributed by atoms with Crippen molar-refractivity contribution in [2.24, 2.45) is 0 Å². The Morgan fingerprint density at radius 1 is 0.643 bits per heavy atom. The molecule has 2 heterocycles. The van der Waals surface area contributed by atoms with E-state index in [9.17, 15) is 0 Å². The predicted molar refractivity (Wildman–Crippen MR) is 114 cm³/mol. The van der Waals surface area contributed by atoms with Crippen molar-refractivity contribution < 1.29 is 0 Å². The summed E-state index contributed by atoms with van der Waals surface area (Å²) in [5.41, 5.74) is 6.69. The Kier molecular flexibility index (Phi) is 4.14. The third-order valence-corrected chi connectivity index (χ3v) is 4.68. The van der Waals surface area contributed by atoms with Gasteiger partial charge in [-0.15, -0.1) is 0 Å². The standard InChI is InChI=1S/C24H18N4/c1-2-8-17(9-3-1)14-15-22-23(26-19-11-5-4-10-18(19)25-22)16-24-27-20-12-6-7-13-21(20)28-24/h1-15H,16H2,(H,27,28)/b15-14+. The van der Waals surface area contributed by atoms with Gasteiger partial charge in [0.15, 0.2) is 0 Å².